The minimum Gasteiger partial charge on any atom is -0.469 e. The van der Waals surface area contributed by atoms with Crippen molar-refractivity contribution < 1.29 is 23.7 Å². The highest BCUT2D eigenvalue weighted by Gasteiger charge is 2.13. The van der Waals surface area contributed by atoms with Gasteiger partial charge in [-0.25, -0.2) is 14.2 Å². The van der Waals surface area contributed by atoms with E-state index in [-0.39, 0.29) is 24.3 Å². The topological polar surface area (TPSA) is 44.8 Å². The zero-order valence-electron chi connectivity index (χ0n) is 10.9. The van der Waals surface area contributed by atoms with Crippen LogP contribution in [0.4, 0.5) is 4.39 Å². The number of carbonyl (C=O) groups is 1. The van der Waals surface area contributed by atoms with E-state index in [0.29, 0.717) is 25.0 Å². The van der Waals surface area contributed by atoms with Crippen molar-refractivity contribution >= 4 is 5.97 Å². The molecule has 1 unspecified atom stereocenters. The Labute approximate surface area is 102 Å². The van der Waals surface area contributed by atoms with E-state index in [0.717, 1.165) is 0 Å². The maximum absolute atomic E-state index is 13.4. The summed E-state index contributed by atoms with van der Waals surface area (Å²) in [7, 11) is 1.35. The summed E-state index contributed by atoms with van der Waals surface area (Å²) < 4.78 is 18.0. The first kappa shape index (κ1) is 16.1. The van der Waals surface area contributed by atoms with Crippen LogP contribution in [0.25, 0.3) is 0 Å². The van der Waals surface area contributed by atoms with Crippen molar-refractivity contribution in [3.63, 3.8) is 0 Å². The second-order valence-corrected chi connectivity index (χ2v) is 3.82. The van der Waals surface area contributed by atoms with Gasteiger partial charge in [-0.05, 0) is 32.3 Å². The van der Waals surface area contributed by atoms with Gasteiger partial charge in [-0.3, -0.25) is 4.79 Å². The molecule has 100 valence electrons. The van der Waals surface area contributed by atoms with Crippen molar-refractivity contribution in [2.45, 2.75) is 33.6 Å². The van der Waals surface area contributed by atoms with Gasteiger partial charge < -0.3 is 4.74 Å². The third kappa shape index (κ3) is 7.07. The molecule has 0 aliphatic heterocycles. The molecule has 17 heavy (non-hydrogen) atoms. The molecule has 0 aromatic rings. The number of carbonyl (C=O) groups excluding carboxylic acids is 1. The van der Waals surface area contributed by atoms with Gasteiger partial charge in [-0.1, -0.05) is 6.92 Å². The molecule has 5 heteroatoms. The van der Waals surface area contributed by atoms with Crippen LogP contribution in [0.2, 0.25) is 0 Å². The molecule has 0 N–H and O–H groups in total. The van der Waals surface area contributed by atoms with Gasteiger partial charge in [-0.2, -0.15) is 0 Å². The Balaban J connectivity index is 4.01. The van der Waals surface area contributed by atoms with Crippen LogP contribution < -0.4 is 0 Å². The molecule has 0 heterocycles. The molecule has 0 aromatic heterocycles. The van der Waals surface area contributed by atoms with Gasteiger partial charge in [0, 0.05) is 0 Å². The summed E-state index contributed by atoms with van der Waals surface area (Å²) in [5.41, 5.74) is 0.570. The van der Waals surface area contributed by atoms with Crippen molar-refractivity contribution in [1.82, 2.24) is 0 Å². The lowest BCUT2D eigenvalue weighted by Crippen LogP contribution is -2.12. The number of methoxy groups -OCH3 is 1. The first-order valence-electron chi connectivity index (χ1n) is 5.69. The molecule has 0 bridgehead atoms. The molecule has 0 aromatic carbocycles. The molecular weight excluding hydrogens is 227 g/mol. The van der Waals surface area contributed by atoms with E-state index >= 15 is 0 Å². The van der Waals surface area contributed by atoms with Crippen LogP contribution >= 0.6 is 0 Å². The van der Waals surface area contributed by atoms with Gasteiger partial charge in [0.1, 0.15) is 12.4 Å². The maximum Gasteiger partial charge on any atom is 0.308 e. The largest absolute Gasteiger partial charge is 0.469 e. The summed E-state index contributed by atoms with van der Waals surface area (Å²) in [6.07, 6.45) is 1.05. The van der Waals surface area contributed by atoms with Crippen LogP contribution in [0, 0.1) is 5.92 Å². The number of hydrogen-bond acceptors (Lipinski definition) is 4. The highest BCUT2D eigenvalue weighted by molar-refractivity contribution is 5.71. The van der Waals surface area contributed by atoms with Crippen LogP contribution in [0.1, 0.15) is 33.6 Å². The zero-order chi connectivity index (χ0) is 13.3. The lowest BCUT2D eigenvalue weighted by Gasteiger charge is -2.09. The molecule has 0 spiro atoms. The molecular formula is C12H21FO4. The smallest absolute Gasteiger partial charge is 0.308 e. The van der Waals surface area contributed by atoms with Crippen LogP contribution in [0.3, 0.4) is 0 Å². The SMILES string of the molecule is CCOOCC(F)=C(C)CCC(C)C(=O)OC. The Morgan fingerprint density at radius 1 is 1.35 bits per heavy atom. The number of ether oxygens (including phenoxy) is 1. The minimum absolute atomic E-state index is 0.188. The average molecular weight is 248 g/mol. The highest BCUT2D eigenvalue weighted by atomic mass is 19.1. The minimum atomic E-state index is -0.351. The summed E-state index contributed by atoms with van der Waals surface area (Å²) in [6.45, 7) is 5.38. The Hall–Kier alpha value is -0.940. The fourth-order valence-electron chi connectivity index (χ4n) is 1.19. The highest BCUT2D eigenvalue weighted by Crippen LogP contribution is 2.17. The van der Waals surface area contributed by atoms with Gasteiger partial charge in [-0.15, -0.1) is 0 Å². The van der Waals surface area contributed by atoms with Crippen LogP contribution in [0.5, 0.6) is 0 Å². The number of esters is 1. The van der Waals surface area contributed by atoms with Crippen molar-refractivity contribution in [2.24, 2.45) is 5.92 Å². The third-order valence-electron chi connectivity index (χ3n) is 2.41. The van der Waals surface area contributed by atoms with Crippen LogP contribution in [-0.4, -0.2) is 26.3 Å². The van der Waals surface area contributed by atoms with E-state index in [4.69, 9.17) is 0 Å². The predicted octanol–water partition coefficient (Wildman–Crippen LogP) is 2.79. The standard InChI is InChI=1S/C12H21FO4/c1-5-16-17-8-11(13)9(2)6-7-10(3)12(14)15-4/h10H,5-8H2,1-4H3. The lowest BCUT2D eigenvalue weighted by atomic mass is 10.0. The molecule has 1 atom stereocenters. The van der Waals surface area contributed by atoms with E-state index in [9.17, 15) is 9.18 Å². The summed E-state index contributed by atoms with van der Waals surface area (Å²) in [5.74, 6) is -0.852. The fourth-order valence-corrected chi connectivity index (χ4v) is 1.19. The Kier molecular flexibility index (Phi) is 8.62. The summed E-state index contributed by atoms with van der Waals surface area (Å²) in [4.78, 5) is 20.3. The van der Waals surface area contributed by atoms with Gasteiger partial charge in [0.15, 0.2) is 0 Å². The van der Waals surface area contributed by atoms with Crippen LogP contribution in [-0.2, 0) is 19.3 Å². The van der Waals surface area contributed by atoms with E-state index in [2.05, 4.69) is 14.5 Å². The Bertz CT molecular complexity index is 263. The maximum atomic E-state index is 13.4. The molecule has 0 amide bonds. The number of halogens is 1. The van der Waals surface area contributed by atoms with Crippen molar-refractivity contribution in [1.29, 1.82) is 0 Å². The van der Waals surface area contributed by atoms with E-state index in [1.807, 2.05) is 0 Å². The molecule has 0 radical (unpaired) electrons. The summed E-state index contributed by atoms with van der Waals surface area (Å²) >= 11 is 0. The second-order valence-electron chi connectivity index (χ2n) is 3.82. The van der Waals surface area contributed by atoms with E-state index in [1.54, 1.807) is 20.8 Å². The van der Waals surface area contributed by atoms with Gasteiger partial charge in [0.25, 0.3) is 0 Å². The first-order chi connectivity index (χ1) is 8.02. The van der Waals surface area contributed by atoms with Crippen molar-refractivity contribution in [3.8, 4) is 0 Å². The number of allylic oxidation sites excluding steroid dienone is 1. The molecule has 4 nitrogen and oxygen atoms in total. The number of hydrogen-bond donors (Lipinski definition) is 0. The zero-order valence-corrected chi connectivity index (χ0v) is 10.9. The quantitative estimate of drug-likeness (QED) is 0.287. The monoisotopic (exact) mass is 248 g/mol. The fraction of sp³-hybridized carbons (Fsp3) is 0.750. The second kappa shape index (κ2) is 9.13. The molecule has 0 rings (SSSR count). The first-order valence-corrected chi connectivity index (χ1v) is 5.69. The Morgan fingerprint density at radius 2 is 2.00 bits per heavy atom. The number of rotatable bonds is 8. The third-order valence-corrected chi connectivity index (χ3v) is 2.41. The molecule has 0 fully saturated rings. The molecule has 0 saturated heterocycles. The average Bonchev–Trinajstić information content (AvgIpc) is 2.34. The van der Waals surface area contributed by atoms with Crippen molar-refractivity contribution in [2.75, 3.05) is 20.3 Å². The van der Waals surface area contributed by atoms with Gasteiger partial charge >= 0.3 is 5.97 Å². The Morgan fingerprint density at radius 3 is 2.53 bits per heavy atom. The summed E-state index contributed by atoms with van der Waals surface area (Å²) in [6, 6.07) is 0. The van der Waals surface area contributed by atoms with E-state index < -0.39 is 0 Å². The van der Waals surface area contributed by atoms with Crippen molar-refractivity contribution in [3.05, 3.63) is 11.4 Å². The summed E-state index contributed by atoms with van der Waals surface area (Å²) in [5, 5.41) is 0. The molecule has 0 aliphatic carbocycles. The molecule has 0 saturated carbocycles. The van der Waals surface area contributed by atoms with Crippen LogP contribution in [0.15, 0.2) is 11.4 Å². The lowest BCUT2D eigenvalue weighted by molar-refractivity contribution is -0.286. The van der Waals surface area contributed by atoms with E-state index in [1.165, 1.54) is 7.11 Å². The van der Waals surface area contributed by atoms with Gasteiger partial charge in [0.2, 0.25) is 0 Å². The normalized spacial score (nSPS) is 14.2. The predicted molar refractivity (Wildman–Crippen MR) is 61.8 cm³/mol. The molecule has 0 aliphatic rings. The van der Waals surface area contributed by atoms with Gasteiger partial charge in [0.05, 0.1) is 19.6 Å².